The highest BCUT2D eigenvalue weighted by Crippen LogP contribution is 2.32. The lowest BCUT2D eigenvalue weighted by molar-refractivity contribution is 0.0925. The third-order valence-corrected chi connectivity index (χ3v) is 6.66. The van der Waals surface area contributed by atoms with Gasteiger partial charge in [-0.3, -0.25) is 9.69 Å². The lowest BCUT2D eigenvalue weighted by Gasteiger charge is -2.35. The molecule has 2 aliphatic rings. The van der Waals surface area contributed by atoms with Gasteiger partial charge in [0, 0.05) is 54.9 Å². The van der Waals surface area contributed by atoms with Crippen LogP contribution in [0, 0.1) is 19.7 Å². The highest BCUT2D eigenvalue weighted by atomic mass is 19.1. The first-order chi connectivity index (χ1) is 14.0. The summed E-state index contributed by atoms with van der Waals surface area (Å²) in [5.74, 6) is 0.0270. The average molecular weight is 398 g/mol. The Morgan fingerprint density at radius 3 is 2.31 bits per heavy atom. The van der Waals surface area contributed by atoms with Crippen LogP contribution >= 0.6 is 0 Å². The predicted octanol–water partition coefficient (Wildman–Crippen LogP) is 4.75. The maximum Gasteiger partial charge on any atom is 0.178 e. The smallest absolute Gasteiger partial charge is 0.178 e. The number of carbonyl (C=O) groups is 1. The molecule has 29 heavy (non-hydrogen) atoms. The van der Waals surface area contributed by atoms with Gasteiger partial charge in [-0.05, 0) is 57.0 Å². The lowest BCUT2D eigenvalue weighted by Crippen LogP contribution is -2.48. The van der Waals surface area contributed by atoms with Crippen LogP contribution in [0.3, 0.4) is 0 Å². The number of piperazine rings is 1. The van der Waals surface area contributed by atoms with Crippen LogP contribution in [-0.4, -0.2) is 48.0 Å². The molecule has 2 fully saturated rings. The van der Waals surface area contributed by atoms with Gasteiger partial charge in [-0.25, -0.2) is 4.39 Å². The molecule has 0 N–H and O–H groups in total. The van der Waals surface area contributed by atoms with Crippen LogP contribution in [0.15, 0.2) is 30.3 Å². The summed E-state index contributed by atoms with van der Waals surface area (Å²) in [7, 11) is 0. The molecule has 4 rings (SSSR count). The largest absolute Gasteiger partial charge is 0.369 e. The van der Waals surface area contributed by atoms with Crippen LogP contribution in [0.25, 0.3) is 0 Å². The molecule has 0 atom stereocenters. The van der Waals surface area contributed by atoms with E-state index in [0.29, 0.717) is 12.6 Å². The second kappa shape index (κ2) is 8.70. The number of aromatic nitrogens is 1. The number of hydrogen-bond donors (Lipinski definition) is 0. The Kier molecular flexibility index (Phi) is 6.04. The molecule has 1 aliphatic heterocycles. The van der Waals surface area contributed by atoms with Crippen molar-refractivity contribution in [1.82, 2.24) is 9.47 Å². The van der Waals surface area contributed by atoms with Gasteiger partial charge in [-0.15, -0.1) is 0 Å². The Bertz CT molecular complexity index is 844. The summed E-state index contributed by atoms with van der Waals surface area (Å²) in [6.07, 6.45) is 6.39. The van der Waals surface area contributed by atoms with E-state index in [-0.39, 0.29) is 11.6 Å². The number of aryl methyl sites for hydroxylation is 1. The van der Waals surface area contributed by atoms with Gasteiger partial charge in [0.15, 0.2) is 5.78 Å². The first-order valence-corrected chi connectivity index (χ1v) is 11.0. The van der Waals surface area contributed by atoms with E-state index in [4.69, 9.17) is 0 Å². The SMILES string of the molecule is Cc1cc(C(=O)CN2CCN(c3ccc(F)cc3)CC2)c(C)n1C1CCCCC1. The molecule has 5 heteroatoms. The van der Waals surface area contributed by atoms with E-state index in [2.05, 4.69) is 34.3 Å². The normalized spacial score (nSPS) is 18.9. The van der Waals surface area contributed by atoms with Gasteiger partial charge < -0.3 is 9.47 Å². The fourth-order valence-corrected chi connectivity index (χ4v) is 5.06. The molecule has 1 aromatic carbocycles. The van der Waals surface area contributed by atoms with Crippen molar-refractivity contribution in [3.05, 3.63) is 53.1 Å². The van der Waals surface area contributed by atoms with Gasteiger partial charge in [0.1, 0.15) is 5.82 Å². The Hall–Kier alpha value is -2.14. The number of anilines is 1. The second-order valence-corrected chi connectivity index (χ2v) is 8.61. The molecule has 1 aliphatic carbocycles. The average Bonchev–Trinajstić information content (AvgIpc) is 3.04. The third kappa shape index (κ3) is 4.40. The number of rotatable bonds is 5. The Balaban J connectivity index is 1.37. The molecule has 0 bridgehead atoms. The summed E-state index contributed by atoms with van der Waals surface area (Å²) >= 11 is 0. The summed E-state index contributed by atoms with van der Waals surface area (Å²) < 4.78 is 15.6. The van der Waals surface area contributed by atoms with Crippen molar-refractivity contribution in [2.75, 3.05) is 37.6 Å². The fraction of sp³-hybridized carbons (Fsp3) is 0.542. The molecule has 2 aromatic rings. The Morgan fingerprint density at radius 1 is 1.00 bits per heavy atom. The van der Waals surface area contributed by atoms with Crippen molar-refractivity contribution < 1.29 is 9.18 Å². The Labute approximate surface area is 173 Å². The fourth-order valence-electron chi connectivity index (χ4n) is 5.06. The van der Waals surface area contributed by atoms with E-state index in [1.807, 2.05) is 12.1 Å². The molecule has 0 amide bonds. The zero-order valence-electron chi connectivity index (χ0n) is 17.7. The van der Waals surface area contributed by atoms with Crippen molar-refractivity contribution in [3.63, 3.8) is 0 Å². The van der Waals surface area contributed by atoms with Crippen LogP contribution in [0.2, 0.25) is 0 Å². The van der Waals surface area contributed by atoms with Crippen molar-refractivity contribution >= 4 is 11.5 Å². The molecular weight excluding hydrogens is 365 g/mol. The number of hydrogen-bond acceptors (Lipinski definition) is 3. The minimum absolute atomic E-state index is 0.205. The molecule has 2 heterocycles. The molecule has 4 nitrogen and oxygen atoms in total. The molecular formula is C24H32FN3O. The number of carbonyl (C=O) groups excluding carboxylic acids is 1. The van der Waals surface area contributed by atoms with Crippen LogP contribution in [0.1, 0.15) is 59.9 Å². The number of halogens is 1. The number of benzene rings is 1. The standard InChI is InChI=1S/C24H32FN3O/c1-18-16-23(19(2)28(18)22-6-4-3-5-7-22)24(29)17-26-12-14-27(15-13-26)21-10-8-20(25)9-11-21/h8-11,16,22H,3-7,12-15,17H2,1-2H3. The molecule has 1 saturated carbocycles. The summed E-state index contributed by atoms with van der Waals surface area (Å²) in [5, 5.41) is 0. The van der Waals surface area contributed by atoms with Gasteiger partial charge in [-0.1, -0.05) is 19.3 Å². The predicted molar refractivity (Wildman–Crippen MR) is 115 cm³/mol. The number of Topliss-reactive ketones (excluding diaryl/α,β-unsaturated/α-hetero) is 1. The number of ketones is 1. The van der Waals surface area contributed by atoms with E-state index in [1.54, 1.807) is 0 Å². The van der Waals surface area contributed by atoms with E-state index >= 15 is 0 Å². The highest BCUT2D eigenvalue weighted by molar-refractivity contribution is 5.99. The molecule has 1 saturated heterocycles. The summed E-state index contributed by atoms with van der Waals surface area (Å²) in [5.41, 5.74) is 4.31. The van der Waals surface area contributed by atoms with Crippen molar-refractivity contribution in [2.45, 2.75) is 52.0 Å². The first kappa shape index (κ1) is 20.1. The van der Waals surface area contributed by atoms with E-state index in [1.165, 1.54) is 49.9 Å². The zero-order valence-corrected chi connectivity index (χ0v) is 17.7. The minimum atomic E-state index is -0.205. The lowest BCUT2D eigenvalue weighted by atomic mass is 9.95. The van der Waals surface area contributed by atoms with E-state index in [9.17, 15) is 9.18 Å². The monoisotopic (exact) mass is 397 g/mol. The van der Waals surface area contributed by atoms with Crippen LogP contribution in [-0.2, 0) is 0 Å². The minimum Gasteiger partial charge on any atom is -0.369 e. The maximum absolute atomic E-state index is 13.1. The zero-order chi connectivity index (χ0) is 20.4. The highest BCUT2D eigenvalue weighted by Gasteiger charge is 2.25. The summed E-state index contributed by atoms with van der Waals surface area (Å²) in [6, 6.07) is 9.33. The van der Waals surface area contributed by atoms with Crippen LogP contribution < -0.4 is 4.90 Å². The first-order valence-electron chi connectivity index (χ1n) is 11.0. The Morgan fingerprint density at radius 2 is 1.66 bits per heavy atom. The summed E-state index contributed by atoms with van der Waals surface area (Å²) in [4.78, 5) is 17.6. The van der Waals surface area contributed by atoms with Crippen molar-refractivity contribution in [1.29, 1.82) is 0 Å². The summed E-state index contributed by atoms with van der Waals surface area (Å²) in [6.45, 7) is 8.16. The van der Waals surface area contributed by atoms with Gasteiger partial charge in [0.25, 0.3) is 0 Å². The van der Waals surface area contributed by atoms with E-state index < -0.39 is 0 Å². The topological polar surface area (TPSA) is 28.5 Å². The van der Waals surface area contributed by atoms with Gasteiger partial charge >= 0.3 is 0 Å². The third-order valence-electron chi connectivity index (χ3n) is 6.66. The molecule has 0 radical (unpaired) electrons. The van der Waals surface area contributed by atoms with Gasteiger partial charge in [0.05, 0.1) is 6.54 Å². The molecule has 1 aromatic heterocycles. The molecule has 0 unspecified atom stereocenters. The van der Waals surface area contributed by atoms with Crippen LogP contribution in [0.5, 0.6) is 0 Å². The van der Waals surface area contributed by atoms with Crippen LogP contribution in [0.4, 0.5) is 10.1 Å². The quantitative estimate of drug-likeness (QED) is 0.682. The second-order valence-electron chi connectivity index (χ2n) is 8.61. The van der Waals surface area contributed by atoms with Gasteiger partial charge in [-0.2, -0.15) is 0 Å². The molecule has 156 valence electrons. The number of nitrogens with zero attached hydrogens (tertiary/aromatic N) is 3. The van der Waals surface area contributed by atoms with Crippen molar-refractivity contribution in [2.24, 2.45) is 0 Å². The maximum atomic E-state index is 13.1. The van der Waals surface area contributed by atoms with Crippen molar-refractivity contribution in [3.8, 4) is 0 Å². The molecule has 0 spiro atoms. The van der Waals surface area contributed by atoms with Gasteiger partial charge in [0.2, 0.25) is 0 Å². The van der Waals surface area contributed by atoms with E-state index in [0.717, 1.165) is 43.1 Å².